The van der Waals surface area contributed by atoms with Gasteiger partial charge >= 0.3 is 0 Å². The van der Waals surface area contributed by atoms with Gasteiger partial charge in [-0.15, -0.1) is 0 Å². The van der Waals surface area contributed by atoms with Gasteiger partial charge in [-0.05, 0) is 109 Å². The van der Waals surface area contributed by atoms with Gasteiger partial charge in [-0.25, -0.2) is 0 Å². The van der Waals surface area contributed by atoms with E-state index < -0.39 is 0 Å². The van der Waals surface area contributed by atoms with Gasteiger partial charge in [0.25, 0.3) is 0 Å². The number of hydrogen-bond donors (Lipinski definition) is 0. The highest BCUT2D eigenvalue weighted by Crippen LogP contribution is 2.46. The fourth-order valence-corrected chi connectivity index (χ4v) is 8.20. The first-order chi connectivity index (χ1) is 27.3. The van der Waals surface area contributed by atoms with Gasteiger partial charge in [-0.3, -0.25) is 0 Å². The molecule has 3 heterocycles. The molecular formula is C50H33N3O2. The van der Waals surface area contributed by atoms with E-state index in [9.17, 15) is 0 Å². The predicted octanol–water partition coefficient (Wildman–Crippen LogP) is 14.4. The lowest BCUT2D eigenvalue weighted by Crippen LogP contribution is -2.10. The molecule has 0 aliphatic heterocycles. The van der Waals surface area contributed by atoms with Gasteiger partial charge in [0.15, 0.2) is 0 Å². The number of anilines is 6. The molecule has 0 fully saturated rings. The standard InChI is InChI=1S/C50H33N3O2/c1-4-13-35(14-5-1)51(38-24-27-47-34(31-38)29-30-54-47)40-23-26-41-43-32-39(25-28-48(43)55-49(41)33-40)52(36-15-6-2-7-16-36)45-21-12-22-46-50(45)42-19-10-11-20-44(42)53(46)37-17-8-3-9-18-37/h1-33H. The topological polar surface area (TPSA) is 37.7 Å². The van der Waals surface area contributed by atoms with Crippen LogP contribution in [0, 0.1) is 0 Å². The molecule has 0 saturated heterocycles. The SMILES string of the molecule is c1ccc(N(c2ccc3occc3c2)c2ccc3c(c2)oc2ccc(N(c4ccccc4)c4cccc5c4c4ccccc4n5-c4ccccc4)cc23)cc1. The maximum atomic E-state index is 6.64. The van der Waals surface area contributed by atoms with Crippen molar-refractivity contribution < 1.29 is 8.83 Å². The summed E-state index contributed by atoms with van der Waals surface area (Å²) in [5, 5.41) is 5.58. The average molecular weight is 708 g/mol. The zero-order valence-electron chi connectivity index (χ0n) is 29.7. The van der Waals surface area contributed by atoms with Crippen LogP contribution in [0.25, 0.3) is 60.4 Å². The molecule has 11 aromatic rings. The third-order valence-corrected chi connectivity index (χ3v) is 10.6. The smallest absolute Gasteiger partial charge is 0.137 e. The number of para-hydroxylation sites is 4. The maximum absolute atomic E-state index is 6.64. The molecule has 260 valence electrons. The summed E-state index contributed by atoms with van der Waals surface area (Å²) >= 11 is 0. The normalized spacial score (nSPS) is 11.6. The fourth-order valence-electron chi connectivity index (χ4n) is 8.20. The maximum Gasteiger partial charge on any atom is 0.137 e. The third-order valence-electron chi connectivity index (χ3n) is 10.6. The van der Waals surface area contributed by atoms with E-state index in [1.165, 1.54) is 16.3 Å². The van der Waals surface area contributed by atoms with Crippen LogP contribution in [0.3, 0.4) is 0 Å². The quantitative estimate of drug-likeness (QED) is 0.165. The Hall–Kier alpha value is -7.50. The molecule has 0 unspecified atom stereocenters. The number of rotatable bonds is 7. The van der Waals surface area contributed by atoms with E-state index in [4.69, 9.17) is 8.83 Å². The fraction of sp³-hybridized carbons (Fsp3) is 0. The Balaban J connectivity index is 1.09. The Bertz CT molecular complexity index is 3160. The second-order valence-electron chi connectivity index (χ2n) is 13.8. The zero-order chi connectivity index (χ0) is 36.3. The molecule has 0 atom stereocenters. The number of aromatic nitrogens is 1. The van der Waals surface area contributed by atoms with Crippen LogP contribution < -0.4 is 9.80 Å². The van der Waals surface area contributed by atoms with Gasteiger partial charge in [0.2, 0.25) is 0 Å². The summed E-state index contributed by atoms with van der Waals surface area (Å²) in [5.74, 6) is 0. The van der Waals surface area contributed by atoms with Crippen molar-refractivity contribution in [2.75, 3.05) is 9.80 Å². The molecule has 0 amide bonds. The lowest BCUT2D eigenvalue weighted by Gasteiger charge is -2.26. The monoisotopic (exact) mass is 707 g/mol. The van der Waals surface area contributed by atoms with Gasteiger partial charge in [0.1, 0.15) is 16.7 Å². The minimum atomic E-state index is 0.828. The van der Waals surface area contributed by atoms with Crippen molar-refractivity contribution in [2.24, 2.45) is 0 Å². The molecule has 0 bridgehead atoms. The van der Waals surface area contributed by atoms with Crippen molar-refractivity contribution in [1.29, 1.82) is 0 Å². The Morgan fingerprint density at radius 2 is 1.02 bits per heavy atom. The van der Waals surface area contributed by atoms with Crippen LogP contribution in [0.2, 0.25) is 0 Å². The van der Waals surface area contributed by atoms with Crippen LogP contribution in [-0.4, -0.2) is 4.57 Å². The molecule has 0 aliphatic carbocycles. The lowest BCUT2D eigenvalue weighted by molar-refractivity contribution is 0.616. The molecule has 8 aromatic carbocycles. The summed E-state index contributed by atoms with van der Waals surface area (Å²) in [6.07, 6.45) is 1.73. The average Bonchev–Trinajstić information content (AvgIpc) is 3.96. The molecule has 0 spiro atoms. The first-order valence-electron chi connectivity index (χ1n) is 18.5. The van der Waals surface area contributed by atoms with Gasteiger partial charge in [-0.2, -0.15) is 0 Å². The second kappa shape index (κ2) is 12.6. The lowest BCUT2D eigenvalue weighted by atomic mass is 10.1. The van der Waals surface area contributed by atoms with Crippen molar-refractivity contribution in [2.45, 2.75) is 0 Å². The summed E-state index contributed by atoms with van der Waals surface area (Å²) < 4.78 is 14.7. The first-order valence-corrected chi connectivity index (χ1v) is 18.5. The number of fused-ring (bicyclic) bond motifs is 7. The van der Waals surface area contributed by atoms with Crippen LogP contribution in [0.4, 0.5) is 34.1 Å². The van der Waals surface area contributed by atoms with Crippen LogP contribution in [0.1, 0.15) is 0 Å². The number of benzene rings is 8. The molecule has 0 N–H and O–H groups in total. The minimum Gasteiger partial charge on any atom is -0.464 e. The van der Waals surface area contributed by atoms with Gasteiger partial charge < -0.3 is 23.2 Å². The minimum absolute atomic E-state index is 0.828. The summed E-state index contributed by atoms with van der Waals surface area (Å²) in [5.41, 5.74) is 12.3. The van der Waals surface area contributed by atoms with Gasteiger partial charge in [0.05, 0.1) is 23.0 Å². The van der Waals surface area contributed by atoms with Crippen LogP contribution in [0.5, 0.6) is 0 Å². The zero-order valence-corrected chi connectivity index (χ0v) is 29.7. The van der Waals surface area contributed by atoms with E-state index in [2.05, 4.69) is 190 Å². The first kappa shape index (κ1) is 31.1. The van der Waals surface area contributed by atoms with Crippen LogP contribution in [-0.2, 0) is 0 Å². The Labute approximate surface area is 317 Å². The molecular weight excluding hydrogens is 675 g/mol. The third kappa shape index (κ3) is 5.09. The Kier molecular flexibility index (Phi) is 7.10. The van der Waals surface area contributed by atoms with Crippen molar-refractivity contribution in [3.8, 4) is 5.69 Å². The Morgan fingerprint density at radius 3 is 1.82 bits per heavy atom. The van der Waals surface area contributed by atoms with Crippen LogP contribution >= 0.6 is 0 Å². The summed E-state index contributed by atoms with van der Waals surface area (Å²) in [4.78, 5) is 4.63. The molecule has 0 aliphatic rings. The second-order valence-corrected chi connectivity index (χ2v) is 13.8. The molecule has 0 saturated carbocycles. The highest BCUT2D eigenvalue weighted by molar-refractivity contribution is 6.17. The summed E-state index contributed by atoms with van der Waals surface area (Å²) in [7, 11) is 0. The van der Waals surface area contributed by atoms with E-state index in [1.54, 1.807) is 6.26 Å². The summed E-state index contributed by atoms with van der Waals surface area (Å²) in [6, 6.07) is 68.4. The van der Waals surface area contributed by atoms with E-state index in [0.717, 1.165) is 78.2 Å². The largest absolute Gasteiger partial charge is 0.464 e. The number of nitrogens with zero attached hydrogens (tertiary/aromatic N) is 3. The molecule has 5 nitrogen and oxygen atoms in total. The van der Waals surface area contributed by atoms with E-state index >= 15 is 0 Å². The molecule has 11 rings (SSSR count). The van der Waals surface area contributed by atoms with E-state index in [0.29, 0.717) is 0 Å². The highest BCUT2D eigenvalue weighted by atomic mass is 16.3. The summed E-state index contributed by atoms with van der Waals surface area (Å²) in [6.45, 7) is 0. The van der Waals surface area contributed by atoms with Crippen molar-refractivity contribution in [3.63, 3.8) is 0 Å². The molecule has 0 radical (unpaired) electrons. The molecule has 55 heavy (non-hydrogen) atoms. The Morgan fingerprint density at radius 1 is 0.382 bits per heavy atom. The van der Waals surface area contributed by atoms with Crippen molar-refractivity contribution in [1.82, 2.24) is 4.57 Å². The number of hydrogen-bond acceptors (Lipinski definition) is 4. The van der Waals surface area contributed by atoms with Crippen LogP contribution in [0.15, 0.2) is 209 Å². The van der Waals surface area contributed by atoms with E-state index in [-0.39, 0.29) is 0 Å². The molecule has 3 aromatic heterocycles. The van der Waals surface area contributed by atoms with E-state index in [1.807, 2.05) is 18.2 Å². The predicted molar refractivity (Wildman–Crippen MR) is 227 cm³/mol. The number of furan rings is 2. The van der Waals surface area contributed by atoms with Gasteiger partial charge in [-0.1, -0.05) is 78.9 Å². The van der Waals surface area contributed by atoms with Crippen molar-refractivity contribution >= 4 is 88.8 Å². The van der Waals surface area contributed by atoms with Gasteiger partial charge in [0, 0.05) is 67.1 Å². The molecule has 5 heteroatoms. The highest BCUT2D eigenvalue weighted by Gasteiger charge is 2.22. The van der Waals surface area contributed by atoms with Crippen molar-refractivity contribution in [3.05, 3.63) is 200 Å².